The number of halogens is 2. The zero-order valence-corrected chi connectivity index (χ0v) is 9.11. The first-order valence-corrected chi connectivity index (χ1v) is 5.31. The quantitative estimate of drug-likeness (QED) is 0.588. The molecule has 0 aliphatic rings. The molecule has 12 heavy (non-hydrogen) atoms. The van der Waals surface area contributed by atoms with E-state index in [1.165, 1.54) is 5.56 Å². The van der Waals surface area contributed by atoms with E-state index >= 15 is 0 Å². The molecule has 0 aromatic carbocycles. The van der Waals surface area contributed by atoms with E-state index in [4.69, 9.17) is 11.6 Å². The summed E-state index contributed by atoms with van der Waals surface area (Å²) in [4.78, 5) is 4.08. The second-order valence-electron chi connectivity index (χ2n) is 2.66. The highest BCUT2D eigenvalue weighted by Gasteiger charge is 1.94. The van der Waals surface area contributed by atoms with Crippen molar-refractivity contribution in [1.29, 1.82) is 0 Å². The maximum absolute atomic E-state index is 5.57. The van der Waals surface area contributed by atoms with Gasteiger partial charge in [-0.15, -0.1) is 11.6 Å². The zero-order valence-electron chi connectivity index (χ0n) is 6.76. The molecule has 0 aliphatic carbocycles. The van der Waals surface area contributed by atoms with E-state index in [-0.39, 0.29) is 0 Å². The van der Waals surface area contributed by atoms with Gasteiger partial charge in [-0.05, 0) is 46.8 Å². The summed E-state index contributed by atoms with van der Waals surface area (Å²) in [6.45, 7) is 0. The number of hydrogen-bond acceptors (Lipinski definition) is 1. The van der Waals surface area contributed by atoms with Crippen molar-refractivity contribution in [3.05, 3.63) is 28.5 Å². The Morgan fingerprint density at radius 3 is 2.83 bits per heavy atom. The molecular weight excluding hydrogens is 237 g/mol. The van der Waals surface area contributed by atoms with Gasteiger partial charge in [0, 0.05) is 22.7 Å². The third kappa shape index (κ3) is 3.55. The minimum atomic E-state index is 0.751. The van der Waals surface area contributed by atoms with E-state index in [2.05, 4.69) is 27.0 Å². The zero-order chi connectivity index (χ0) is 8.81. The first kappa shape index (κ1) is 10.0. The third-order valence-electron chi connectivity index (χ3n) is 1.61. The lowest BCUT2D eigenvalue weighted by Crippen LogP contribution is -1.87. The lowest BCUT2D eigenvalue weighted by Gasteiger charge is -1.99. The van der Waals surface area contributed by atoms with Gasteiger partial charge in [-0.1, -0.05) is 0 Å². The van der Waals surface area contributed by atoms with Gasteiger partial charge in [-0.25, -0.2) is 0 Å². The minimum absolute atomic E-state index is 0.751. The van der Waals surface area contributed by atoms with Gasteiger partial charge >= 0.3 is 0 Å². The van der Waals surface area contributed by atoms with E-state index in [0.717, 1.165) is 29.6 Å². The maximum Gasteiger partial charge on any atom is 0.0410 e. The van der Waals surface area contributed by atoms with Crippen LogP contribution in [0.4, 0.5) is 0 Å². The van der Waals surface area contributed by atoms with Gasteiger partial charge < -0.3 is 0 Å². The van der Waals surface area contributed by atoms with Gasteiger partial charge in [-0.2, -0.15) is 0 Å². The Labute approximate surface area is 86.3 Å². The van der Waals surface area contributed by atoms with Crippen molar-refractivity contribution in [2.45, 2.75) is 19.3 Å². The second-order valence-corrected chi connectivity index (χ2v) is 3.95. The van der Waals surface area contributed by atoms with Crippen LogP contribution in [0.25, 0.3) is 0 Å². The van der Waals surface area contributed by atoms with Crippen LogP contribution in [0.5, 0.6) is 0 Å². The van der Waals surface area contributed by atoms with Crippen LogP contribution in [0.1, 0.15) is 18.4 Å². The molecule has 3 heteroatoms. The third-order valence-corrected chi connectivity index (χ3v) is 2.31. The van der Waals surface area contributed by atoms with Gasteiger partial charge in [0.05, 0.1) is 0 Å². The number of nitrogens with zero attached hydrogens (tertiary/aromatic N) is 1. The molecule has 0 saturated carbocycles. The maximum atomic E-state index is 5.57. The minimum Gasteiger partial charge on any atom is -0.263 e. The number of hydrogen-bond donors (Lipinski definition) is 0. The summed E-state index contributed by atoms with van der Waals surface area (Å²) in [5.74, 6) is 0.751. The molecule has 1 nitrogen and oxygen atoms in total. The molecule has 0 spiro atoms. The monoisotopic (exact) mass is 247 g/mol. The first-order chi connectivity index (χ1) is 5.83. The Kier molecular flexibility index (Phi) is 4.62. The molecule has 1 aromatic rings. The number of aromatic nitrogens is 1. The Bertz CT molecular complexity index is 240. The average Bonchev–Trinajstić information content (AvgIpc) is 2.05. The molecule has 0 fully saturated rings. The van der Waals surface area contributed by atoms with E-state index in [1.54, 1.807) is 6.20 Å². The first-order valence-electron chi connectivity index (χ1n) is 3.98. The van der Waals surface area contributed by atoms with Crippen molar-refractivity contribution in [3.63, 3.8) is 0 Å². The van der Waals surface area contributed by atoms with E-state index in [1.807, 2.05) is 6.20 Å². The lowest BCUT2D eigenvalue weighted by molar-refractivity contribution is 0.796. The normalized spacial score (nSPS) is 10.2. The van der Waals surface area contributed by atoms with Crippen molar-refractivity contribution in [2.24, 2.45) is 0 Å². The Morgan fingerprint density at radius 1 is 1.33 bits per heavy atom. The molecule has 66 valence electrons. The largest absolute Gasteiger partial charge is 0.263 e. The Balaban J connectivity index is 2.41. The van der Waals surface area contributed by atoms with Crippen LogP contribution in [0.3, 0.4) is 0 Å². The molecule has 1 aromatic heterocycles. The van der Waals surface area contributed by atoms with E-state index < -0.39 is 0 Å². The Morgan fingerprint density at radius 2 is 2.17 bits per heavy atom. The molecule has 1 heterocycles. The summed E-state index contributed by atoms with van der Waals surface area (Å²) in [7, 11) is 0. The Hall–Kier alpha value is -0.0800. The van der Waals surface area contributed by atoms with Gasteiger partial charge in [0.25, 0.3) is 0 Å². The van der Waals surface area contributed by atoms with Crippen LogP contribution < -0.4 is 0 Å². The molecule has 0 radical (unpaired) electrons. The SMILES string of the molecule is ClCCCCc1cncc(Br)c1. The summed E-state index contributed by atoms with van der Waals surface area (Å²) in [5.41, 5.74) is 1.27. The molecule has 0 unspecified atom stereocenters. The number of rotatable bonds is 4. The summed E-state index contributed by atoms with van der Waals surface area (Å²) < 4.78 is 1.05. The molecule has 0 bridgehead atoms. The standard InChI is InChI=1S/C9H11BrClN/c10-9-5-8(6-12-7-9)3-1-2-4-11/h5-7H,1-4H2. The second kappa shape index (κ2) is 5.55. The van der Waals surface area contributed by atoms with Crippen molar-refractivity contribution < 1.29 is 0 Å². The van der Waals surface area contributed by atoms with Crippen LogP contribution in [0.15, 0.2) is 22.9 Å². The number of pyridine rings is 1. The van der Waals surface area contributed by atoms with Gasteiger partial charge in [-0.3, -0.25) is 4.98 Å². The predicted molar refractivity (Wildman–Crippen MR) is 55.6 cm³/mol. The highest BCUT2D eigenvalue weighted by molar-refractivity contribution is 9.10. The van der Waals surface area contributed by atoms with Crippen molar-refractivity contribution in [2.75, 3.05) is 5.88 Å². The highest BCUT2D eigenvalue weighted by atomic mass is 79.9. The summed E-state index contributed by atoms with van der Waals surface area (Å²) in [5, 5.41) is 0. The van der Waals surface area contributed by atoms with Crippen LogP contribution in [0.2, 0.25) is 0 Å². The van der Waals surface area contributed by atoms with Gasteiger partial charge in [0.15, 0.2) is 0 Å². The molecule has 0 atom stereocenters. The van der Waals surface area contributed by atoms with Crippen LogP contribution in [-0.2, 0) is 6.42 Å². The molecule has 0 N–H and O–H groups in total. The number of unbranched alkanes of at least 4 members (excludes halogenated alkanes) is 1. The van der Waals surface area contributed by atoms with Crippen LogP contribution in [-0.4, -0.2) is 10.9 Å². The number of alkyl halides is 1. The van der Waals surface area contributed by atoms with Gasteiger partial charge in [0.2, 0.25) is 0 Å². The highest BCUT2D eigenvalue weighted by Crippen LogP contribution is 2.11. The molecule has 0 aliphatic heterocycles. The van der Waals surface area contributed by atoms with E-state index in [9.17, 15) is 0 Å². The smallest absolute Gasteiger partial charge is 0.0410 e. The molecule has 0 amide bonds. The van der Waals surface area contributed by atoms with Crippen molar-refractivity contribution >= 4 is 27.5 Å². The fourth-order valence-electron chi connectivity index (χ4n) is 1.02. The topological polar surface area (TPSA) is 12.9 Å². The molecule has 1 rings (SSSR count). The van der Waals surface area contributed by atoms with Crippen molar-refractivity contribution in [3.8, 4) is 0 Å². The summed E-state index contributed by atoms with van der Waals surface area (Å²) in [6.07, 6.45) is 6.99. The number of aryl methyl sites for hydroxylation is 1. The summed E-state index contributed by atoms with van der Waals surface area (Å²) >= 11 is 8.96. The van der Waals surface area contributed by atoms with Crippen molar-refractivity contribution in [1.82, 2.24) is 4.98 Å². The van der Waals surface area contributed by atoms with Crippen LogP contribution >= 0.6 is 27.5 Å². The summed E-state index contributed by atoms with van der Waals surface area (Å²) in [6, 6.07) is 2.10. The van der Waals surface area contributed by atoms with E-state index in [0.29, 0.717) is 0 Å². The van der Waals surface area contributed by atoms with Crippen LogP contribution in [0, 0.1) is 0 Å². The fourth-order valence-corrected chi connectivity index (χ4v) is 1.62. The van der Waals surface area contributed by atoms with Gasteiger partial charge in [0.1, 0.15) is 0 Å². The molecular formula is C9H11BrClN. The molecule has 0 saturated heterocycles. The lowest BCUT2D eigenvalue weighted by atomic mass is 10.1. The average molecular weight is 249 g/mol. The predicted octanol–water partition coefficient (Wildman–Crippen LogP) is 3.41. The fraction of sp³-hybridized carbons (Fsp3) is 0.444.